The van der Waals surface area contributed by atoms with Crippen LogP contribution in [0.5, 0.6) is 11.5 Å². The second-order valence-electron chi connectivity index (χ2n) is 10.5. The fraction of sp³-hybridized carbons (Fsp3) is 0.286. The molecule has 2 aromatic carbocycles. The maximum atomic E-state index is 13.8. The number of rotatable bonds is 7. The van der Waals surface area contributed by atoms with Gasteiger partial charge in [0, 0.05) is 28.6 Å². The van der Waals surface area contributed by atoms with Crippen molar-refractivity contribution < 1.29 is 13.9 Å². The minimum atomic E-state index is -0.626. The molecule has 200 valence electrons. The Balaban J connectivity index is 1.55. The van der Waals surface area contributed by atoms with Crippen molar-refractivity contribution in [3.63, 3.8) is 0 Å². The summed E-state index contributed by atoms with van der Waals surface area (Å²) in [6.07, 6.45) is 1.63. The van der Waals surface area contributed by atoms with Crippen LogP contribution in [0.3, 0.4) is 0 Å². The number of benzene rings is 2. The molecule has 1 aliphatic heterocycles. The number of hydrogen-bond acceptors (Lipinski definition) is 8. The first-order valence-corrected chi connectivity index (χ1v) is 12.9. The molecule has 0 amide bonds. The van der Waals surface area contributed by atoms with Crippen LogP contribution in [0.15, 0.2) is 70.1 Å². The third-order valence-electron chi connectivity index (χ3n) is 6.64. The second kappa shape index (κ2) is 9.87. The molecule has 3 aromatic heterocycles. The second-order valence-corrected chi connectivity index (χ2v) is 10.9. The van der Waals surface area contributed by atoms with Gasteiger partial charge in [0.05, 0.1) is 23.9 Å². The average Bonchev–Trinajstić information content (AvgIpc) is 3.66. The predicted molar refractivity (Wildman–Crippen MR) is 145 cm³/mol. The minimum Gasteiger partial charge on any atom is -0.468 e. The highest BCUT2D eigenvalue weighted by Crippen LogP contribution is 2.37. The van der Waals surface area contributed by atoms with Crippen molar-refractivity contribution in [3.8, 4) is 11.5 Å². The van der Waals surface area contributed by atoms with Gasteiger partial charge in [0.2, 0.25) is 6.79 Å². The molecule has 0 radical (unpaired) electrons. The van der Waals surface area contributed by atoms with E-state index in [2.05, 4.69) is 25.4 Å². The van der Waals surface area contributed by atoms with E-state index in [0.717, 1.165) is 16.7 Å². The van der Waals surface area contributed by atoms with E-state index in [1.54, 1.807) is 17.0 Å². The Kier molecular flexibility index (Phi) is 6.36. The number of hydrogen-bond donors (Lipinski definition) is 1. The largest absolute Gasteiger partial charge is 0.468 e. The number of fused-ring (bicyclic) bond motifs is 2. The predicted octanol–water partition coefficient (Wildman–Crippen LogP) is 5.04. The average molecular weight is 547 g/mol. The Morgan fingerprint density at radius 3 is 2.56 bits per heavy atom. The van der Waals surface area contributed by atoms with Gasteiger partial charge in [-0.1, -0.05) is 23.7 Å². The van der Waals surface area contributed by atoms with Gasteiger partial charge in [0.1, 0.15) is 11.8 Å². The first-order chi connectivity index (χ1) is 18.8. The fourth-order valence-electron chi connectivity index (χ4n) is 4.82. The maximum Gasteiger partial charge on any atom is 0.253 e. The Labute approximate surface area is 229 Å². The third-order valence-corrected chi connectivity index (χ3v) is 6.89. The van der Waals surface area contributed by atoms with E-state index in [-0.39, 0.29) is 12.4 Å². The van der Waals surface area contributed by atoms with Gasteiger partial charge in [-0.15, -0.1) is 5.10 Å². The molecule has 6 rings (SSSR count). The van der Waals surface area contributed by atoms with Crippen molar-refractivity contribution in [2.45, 2.75) is 45.4 Å². The molecule has 0 saturated heterocycles. The van der Waals surface area contributed by atoms with Gasteiger partial charge in [0.15, 0.2) is 17.3 Å². The third kappa shape index (κ3) is 5.00. The van der Waals surface area contributed by atoms with Crippen LogP contribution in [0.1, 0.15) is 49.5 Å². The Hall–Kier alpha value is -4.15. The quantitative estimate of drug-likeness (QED) is 0.302. The van der Waals surface area contributed by atoms with Crippen LogP contribution in [0, 0.1) is 0 Å². The van der Waals surface area contributed by atoms with Crippen LogP contribution in [0.25, 0.3) is 10.9 Å². The van der Waals surface area contributed by atoms with E-state index in [4.69, 9.17) is 25.5 Å². The number of nitrogens with zero attached hydrogens (tertiary/aromatic N) is 5. The molecule has 0 fully saturated rings. The summed E-state index contributed by atoms with van der Waals surface area (Å²) in [5, 5.41) is 14.2. The Morgan fingerprint density at radius 2 is 1.85 bits per heavy atom. The molecule has 5 aromatic rings. The first-order valence-electron chi connectivity index (χ1n) is 12.5. The van der Waals surface area contributed by atoms with E-state index in [1.165, 1.54) is 0 Å². The summed E-state index contributed by atoms with van der Waals surface area (Å²) in [6, 6.07) is 16.3. The zero-order chi connectivity index (χ0) is 27.1. The van der Waals surface area contributed by atoms with Crippen LogP contribution in [-0.4, -0.2) is 36.9 Å². The van der Waals surface area contributed by atoms with Gasteiger partial charge in [-0.25, -0.2) is 4.68 Å². The van der Waals surface area contributed by atoms with Crippen molar-refractivity contribution >= 4 is 22.5 Å². The smallest absolute Gasteiger partial charge is 0.253 e. The molecule has 1 N–H and O–H groups in total. The molecule has 1 aliphatic rings. The molecule has 39 heavy (non-hydrogen) atoms. The number of nitrogens with one attached hydrogen (secondary N) is 1. The molecule has 0 unspecified atom stereocenters. The summed E-state index contributed by atoms with van der Waals surface area (Å²) in [5.41, 5.74) is 1.45. The number of pyridine rings is 1. The number of halogens is 1. The fourth-order valence-corrected chi connectivity index (χ4v) is 4.95. The first kappa shape index (κ1) is 25.1. The lowest BCUT2D eigenvalue weighted by molar-refractivity contribution is 0.171. The molecule has 4 heterocycles. The van der Waals surface area contributed by atoms with E-state index in [9.17, 15) is 4.79 Å². The summed E-state index contributed by atoms with van der Waals surface area (Å²) < 4.78 is 18.6. The van der Waals surface area contributed by atoms with E-state index < -0.39 is 11.6 Å². The highest BCUT2D eigenvalue weighted by Gasteiger charge is 2.34. The van der Waals surface area contributed by atoms with Gasteiger partial charge in [-0.3, -0.25) is 9.69 Å². The van der Waals surface area contributed by atoms with Crippen LogP contribution in [0.4, 0.5) is 0 Å². The standard InChI is InChI=1S/C28H27ClN6O4/c1-28(2,3)35-26(31-32-33-35)25(21-11-18-12-23-24(39-16-38-23)13-22(18)30-27(21)36)34(15-20-5-4-10-37-20)14-17-6-8-19(29)9-7-17/h4-13,25H,14-16H2,1-3H3,(H,30,36)/t25-/m0/s1. The van der Waals surface area contributed by atoms with Crippen LogP contribution >= 0.6 is 11.6 Å². The molecular formula is C28H27ClN6O4. The monoisotopic (exact) mass is 546 g/mol. The van der Waals surface area contributed by atoms with Crippen molar-refractivity contribution in [1.29, 1.82) is 0 Å². The number of furan rings is 1. The number of ether oxygens (including phenoxy) is 2. The van der Waals surface area contributed by atoms with Crippen molar-refractivity contribution in [2.75, 3.05) is 6.79 Å². The molecule has 1 atom stereocenters. The van der Waals surface area contributed by atoms with Gasteiger partial charge >= 0.3 is 0 Å². The zero-order valence-electron chi connectivity index (χ0n) is 21.7. The van der Waals surface area contributed by atoms with Crippen molar-refractivity contribution in [1.82, 2.24) is 30.1 Å². The van der Waals surface area contributed by atoms with E-state index >= 15 is 0 Å². The van der Waals surface area contributed by atoms with Crippen LogP contribution in [-0.2, 0) is 18.6 Å². The van der Waals surface area contributed by atoms with Gasteiger partial charge in [-0.05, 0) is 73.2 Å². The highest BCUT2D eigenvalue weighted by molar-refractivity contribution is 6.30. The molecular weight excluding hydrogens is 520 g/mol. The highest BCUT2D eigenvalue weighted by atomic mass is 35.5. The number of aromatic amines is 1. The maximum absolute atomic E-state index is 13.8. The lowest BCUT2D eigenvalue weighted by Crippen LogP contribution is -2.37. The molecule has 0 bridgehead atoms. The normalized spacial score (nSPS) is 13.9. The van der Waals surface area contributed by atoms with E-state index in [0.29, 0.717) is 46.5 Å². The van der Waals surface area contributed by atoms with Gasteiger partial charge in [0.25, 0.3) is 5.56 Å². The summed E-state index contributed by atoms with van der Waals surface area (Å²) >= 11 is 6.17. The minimum absolute atomic E-state index is 0.143. The van der Waals surface area contributed by atoms with Gasteiger partial charge in [-0.2, -0.15) is 0 Å². The molecule has 0 aliphatic carbocycles. The summed E-state index contributed by atoms with van der Waals surface area (Å²) in [6.45, 7) is 7.07. The number of tetrazole rings is 1. The summed E-state index contributed by atoms with van der Waals surface area (Å²) in [5.74, 6) is 2.50. The van der Waals surface area contributed by atoms with Crippen molar-refractivity contribution in [3.05, 3.63) is 98.9 Å². The van der Waals surface area contributed by atoms with Crippen LogP contribution < -0.4 is 15.0 Å². The lowest BCUT2D eigenvalue weighted by atomic mass is 10.0. The van der Waals surface area contributed by atoms with Crippen LogP contribution in [0.2, 0.25) is 5.02 Å². The SMILES string of the molecule is CC(C)(C)n1nnnc1[C@H](c1cc2cc3c(cc2[nH]c1=O)OCO3)N(Cc1ccc(Cl)cc1)Cc1ccco1. The molecule has 11 heteroatoms. The number of H-pyrrole nitrogens is 1. The van der Waals surface area contributed by atoms with Gasteiger partial charge < -0.3 is 18.9 Å². The van der Waals surface area contributed by atoms with E-state index in [1.807, 2.05) is 69.3 Å². The summed E-state index contributed by atoms with van der Waals surface area (Å²) in [4.78, 5) is 18.9. The summed E-state index contributed by atoms with van der Waals surface area (Å²) in [7, 11) is 0. The molecule has 0 saturated carbocycles. The Bertz CT molecular complexity index is 1670. The topological polar surface area (TPSA) is 111 Å². The molecule has 10 nitrogen and oxygen atoms in total. The molecule has 0 spiro atoms. The number of aromatic nitrogens is 5. The Morgan fingerprint density at radius 1 is 1.08 bits per heavy atom. The van der Waals surface area contributed by atoms with Crippen molar-refractivity contribution in [2.24, 2.45) is 0 Å². The lowest BCUT2D eigenvalue weighted by Gasteiger charge is -2.32. The zero-order valence-corrected chi connectivity index (χ0v) is 22.5.